The Morgan fingerprint density at radius 1 is 0.545 bits per heavy atom. The quantitative estimate of drug-likeness (QED) is 0.129. The number of nitrogens with zero attached hydrogens (tertiary/aromatic N) is 4. The number of imidazole rings is 2. The van der Waals surface area contributed by atoms with Gasteiger partial charge in [-0.1, -0.05) is 12.8 Å². The smallest absolute Gasteiger partial charge is 0.151 e. The minimum Gasteiger partial charge on any atom is -0.367 e. The van der Waals surface area contributed by atoms with E-state index >= 15 is 17.6 Å². The average Bonchev–Trinajstić information content (AvgIpc) is 4.01. The van der Waals surface area contributed by atoms with E-state index in [9.17, 15) is 0 Å². The van der Waals surface area contributed by atoms with Crippen LogP contribution in [0.25, 0.3) is 22.1 Å². The van der Waals surface area contributed by atoms with E-state index < -0.39 is 35.4 Å². The van der Waals surface area contributed by atoms with Gasteiger partial charge in [0.2, 0.25) is 0 Å². The third-order valence-corrected chi connectivity index (χ3v) is 14.2. The number of aromatic amines is 2. The summed E-state index contributed by atoms with van der Waals surface area (Å²) in [5.74, 6) is 0.707. The number of hydrogen-bond acceptors (Lipinski definition) is 6. The Labute approximate surface area is 317 Å². The van der Waals surface area contributed by atoms with E-state index in [2.05, 4.69) is 20.6 Å². The zero-order valence-corrected chi connectivity index (χ0v) is 31.0. The molecule has 5 aromatic rings. The molecule has 3 aromatic carbocycles. The maximum atomic E-state index is 16.4. The van der Waals surface area contributed by atoms with Gasteiger partial charge in [0.1, 0.15) is 29.0 Å². The molecule has 55 heavy (non-hydrogen) atoms. The van der Waals surface area contributed by atoms with Gasteiger partial charge >= 0.3 is 0 Å². The number of hydrogen-bond donors (Lipinski definition) is 4. The molecule has 2 saturated carbocycles. The summed E-state index contributed by atoms with van der Waals surface area (Å²) in [4.78, 5) is 20.2. The Morgan fingerprint density at radius 2 is 1.05 bits per heavy atom. The summed E-state index contributed by atoms with van der Waals surface area (Å²) < 4.78 is 65.1. The maximum Gasteiger partial charge on any atom is 0.151 e. The van der Waals surface area contributed by atoms with Gasteiger partial charge in [-0.25, -0.2) is 27.5 Å². The van der Waals surface area contributed by atoms with Gasteiger partial charge in [-0.05, 0) is 107 Å². The lowest BCUT2D eigenvalue weighted by molar-refractivity contribution is 0.516. The number of halogens is 4. The molecule has 0 unspecified atom stereocenters. The van der Waals surface area contributed by atoms with Crippen LogP contribution in [0, 0.1) is 35.1 Å². The minimum absolute atomic E-state index is 0.0275. The first-order valence-corrected chi connectivity index (χ1v) is 20.8. The molecule has 6 aliphatic rings. The number of aromatic nitrogens is 4. The van der Waals surface area contributed by atoms with E-state index in [1.54, 1.807) is 17.0 Å². The Hall–Kier alpha value is -4.16. The molecule has 4 saturated heterocycles. The number of rotatable bonds is 6. The Kier molecular flexibility index (Phi) is 8.20. The van der Waals surface area contributed by atoms with Crippen molar-refractivity contribution in [1.82, 2.24) is 30.6 Å². The lowest BCUT2D eigenvalue weighted by atomic mass is 10.0. The summed E-state index contributed by atoms with van der Waals surface area (Å²) in [6.45, 7) is 1.18. The maximum absolute atomic E-state index is 16.4. The molecule has 2 aliphatic carbocycles. The van der Waals surface area contributed by atoms with Crippen LogP contribution in [0.1, 0.15) is 130 Å². The van der Waals surface area contributed by atoms with E-state index in [0.717, 1.165) is 43.8 Å². The van der Waals surface area contributed by atoms with Gasteiger partial charge in [-0.3, -0.25) is 0 Å². The molecule has 0 spiro atoms. The average molecular weight is 753 g/mol. The molecule has 2 aromatic heterocycles. The van der Waals surface area contributed by atoms with Crippen LogP contribution in [0.2, 0.25) is 0 Å². The molecule has 8 nitrogen and oxygen atoms in total. The fourth-order valence-electron chi connectivity index (χ4n) is 11.6. The highest BCUT2D eigenvalue weighted by Gasteiger charge is 2.42. The van der Waals surface area contributed by atoms with Crippen LogP contribution < -0.4 is 20.4 Å². The number of nitrogens with one attached hydrogen (secondary N) is 4. The second-order valence-corrected chi connectivity index (χ2v) is 17.4. The van der Waals surface area contributed by atoms with Gasteiger partial charge < -0.3 is 30.4 Å². The van der Waals surface area contributed by atoms with Gasteiger partial charge in [-0.15, -0.1) is 0 Å². The fraction of sp³-hybridized carbons (Fsp3) is 0.535. The molecule has 288 valence electrons. The molecule has 8 atom stereocenters. The second-order valence-electron chi connectivity index (χ2n) is 17.4. The van der Waals surface area contributed by atoms with Crippen LogP contribution in [-0.2, 0) is 0 Å². The predicted octanol–water partition coefficient (Wildman–Crippen LogP) is 9.47. The van der Waals surface area contributed by atoms with Gasteiger partial charge in [0, 0.05) is 54.1 Å². The van der Waals surface area contributed by atoms with Crippen LogP contribution in [0.4, 0.5) is 28.9 Å². The highest BCUT2D eigenvalue weighted by Crippen LogP contribution is 2.50. The highest BCUT2D eigenvalue weighted by molar-refractivity contribution is 5.78. The standard InChI is InChI=1S/C43H48F4N8/c44-27-20-35-33(50-42(52-35)37-14-22-6-4-8-31(22)48-37)18-25(27)39-10-11-40(55(39)24-16-29(46)41(30(47)17-24)54-12-2-1-3-13-54)26-19-34-36(21-28(26)45)53-43(51-34)38-15-23-7-5-9-32(23)49-38/h16-23,31-32,37-40,48-49H,1-15H2,(H,50,52)(H,51,53)/t22-,23-,31-,32-,37-,38-,39-,40+/m0/s1. The van der Waals surface area contributed by atoms with Crippen LogP contribution >= 0.6 is 0 Å². The molecule has 12 heteroatoms. The predicted molar refractivity (Wildman–Crippen MR) is 205 cm³/mol. The van der Waals surface area contributed by atoms with Crippen molar-refractivity contribution in [3.8, 4) is 0 Å². The van der Waals surface area contributed by atoms with Gasteiger partial charge in [0.15, 0.2) is 11.6 Å². The lowest BCUT2D eigenvalue weighted by Gasteiger charge is -2.35. The minimum atomic E-state index is -0.660. The molecular formula is C43H48F4N8. The number of fused-ring (bicyclic) bond motifs is 4. The van der Waals surface area contributed by atoms with Crippen molar-refractivity contribution in [2.75, 3.05) is 22.9 Å². The van der Waals surface area contributed by atoms with Crippen molar-refractivity contribution in [3.05, 3.63) is 82.4 Å². The fourth-order valence-corrected chi connectivity index (χ4v) is 11.6. The Balaban J connectivity index is 0.974. The van der Waals surface area contributed by atoms with Crippen molar-refractivity contribution >= 4 is 33.4 Å². The molecule has 4 N–H and O–H groups in total. The molecule has 0 bridgehead atoms. The van der Waals surface area contributed by atoms with E-state index in [1.807, 2.05) is 4.90 Å². The third kappa shape index (κ3) is 5.75. The first-order chi connectivity index (χ1) is 26.8. The summed E-state index contributed by atoms with van der Waals surface area (Å²) in [7, 11) is 0. The lowest BCUT2D eigenvalue weighted by Crippen LogP contribution is -2.32. The van der Waals surface area contributed by atoms with Crippen LogP contribution in [0.5, 0.6) is 0 Å². The van der Waals surface area contributed by atoms with Crippen molar-refractivity contribution < 1.29 is 17.6 Å². The van der Waals surface area contributed by atoms with Gasteiger partial charge in [-0.2, -0.15) is 0 Å². The van der Waals surface area contributed by atoms with Crippen LogP contribution in [-0.4, -0.2) is 45.1 Å². The van der Waals surface area contributed by atoms with Gasteiger partial charge in [0.05, 0.1) is 46.2 Å². The summed E-state index contributed by atoms with van der Waals surface area (Å²) in [6, 6.07) is 9.23. The van der Waals surface area contributed by atoms with Gasteiger partial charge in [0.25, 0.3) is 0 Å². The monoisotopic (exact) mass is 752 g/mol. The molecule has 4 aliphatic heterocycles. The van der Waals surface area contributed by atoms with Crippen molar-refractivity contribution in [3.63, 3.8) is 0 Å². The summed E-state index contributed by atoms with van der Waals surface area (Å²) in [5.41, 5.74) is 3.55. The Morgan fingerprint density at radius 3 is 1.55 bits per heavy atom. The molecular weight excluding hydrogens is 705 g/mol. The number of anilines is 2. The molecule has 0 radical (unpaired) electrons. The largest absolute Gasteiger partial charge is 0.367 e. The van der Waals surface area contributed by atoms with Crippen LogP contribution in [0.15, 0.2) is 36.4 Å². The Bertz CT molecular complexity index is 2110. The zero-order chi connectivity index (χ0) is 36.9. The van der Waals surface area contributed by atoms with Crippen LogP contribution in [0.3, 0.4) is 0 Å². The molecule has 0 amide bonds. The highest BCUT2D eigenvalue weighted by atomic mass is 19.1. The molecule has 6 fully saturated rings. The summed E-state index contributed by atoms with van der Waals surface area (Å²) in [5, 5.41) is 7.47. The number of piperidine rings is 1. The van der Waals surface area contributed by atoms with E-state index in [4.69, 9.17) is 9.97 Å². The van der Waals surface area contributed by atoms with E-state index in [1.165, 1.54) is 62.8 Å². The van der Waals surface area contributed by atoms with Crippen molar-refractivity contribution in [1.29, 1.82) is 0 Å². The normalized spacial score (nSPS) is 30.7. The topological polar surface area (TPSA) is 87.9 Å². The van der Waals surface area contributed by atoms with E-state index in [0.29, 0.717) is 83.0 Å². The van der Waals surface area contributed by atoms with Crippen molar-refractivity contribution in [2.45, 2.75) is 120 Å². The molecule has 6 heterocycles. The SMILES string of the molecule is Fc1cc2nc([C@@H]3C[C@@H]4CCC[C@@H]4N3)[nH]c2cc1[C@H]1CC[C@@H](c2cc3[nH]c([C@@H]4C[C@@H]5CCC[C@@H]5N4)nc3cc2F)N1c1cc(F)c(N2CCCCC2)c(F)c1. The van der Waals surface area contributed by atoms with E-state index in [-0.39, 0.29) is 23.5 Å². The van der Waals surface area contributed by atoms with Crippen molar-refractivity contribution in [2.24, 2.45) is 11.8 Å². The summed E-state index contributed by atoms with van der Waals surface area (Å²) in [6.07, 6.45) is 13.0. The number of benzene rings is 3. The third-order valence-electron chi connectivity index (χ3n) is 14.2. The molecule has 11 rings (SSSR count). The number of H-pyrrole nitrogens is 2. The zero-order valence-electron chi connectivity index (χ0n) is 31.0. The summed E-state index contributed by atoms with van der Waals surface area (Å²) >= 11 is 0. The first-order valence-electron chi connectivity index (χ1n) is 20.8. The second kappa shape index (κ2) is 13.2. The first kappa shape index (κ1) is 34.1.